The summed E-state index contributed by atoms with van der Waals surface area (Å²) in [6.45, 7) is 0. The Kier molecular flexibility index (Phi) is 4.68. The number of aliphatic hydroxyl groups is 1. The number of hydrogen-bond donors (Lipinski definition) is 2. The molecule has 3 nitrogen and oxygen atoms in total. The van der Waals surface area contributed by atoms with Crippen molar-refractivity contribution in [2.45, 2.75) is 43.2 Å². The van der Waals surface area contributed by atoms with Crippen molar-refractivity contribution in [2.24, 2.45) is 5.92 Å². The predicted molar refractivity (Wildman–Crippen MR) is 72.0 cm³/mol. The predicted octanol–water partition coefficient (Wildman–Crippen LogP) is 2.70. The number of rotatable bonds is 5. The molecule has 0 spiro atoms. The lowest BCUT2D eigenvalue weighted by atomic mass is 10.0. The van der Waals surface area contributed by atoms with Gasteiger partial charge in [0.2, 0.25) is 0 Å². The molecule has 0 radical (unpaired) electrons. The Labute approximate surface area is 107 Å². The zero-order valence-electron chi connectivity index (χ0n) is 10.0. The number of aliphatic hydroxyl groups excluding tert-OH is 1. The van der Waals surface area contributed by atoms with Gasteiger partial charge < -0.3 is 10.8 Å². The quantitative estimate of drug-likeness (QED) is 0.791. The second kappa shape index (κ2) is 6.26. The van der Waals surface area contributed by atoms with Crippen LogP contribution in [-0.4, -0.2) is 21.9 Å². The maximum absolute atomic E-state index is 9.95. The number of anilines is 1. The molecule has 4 heteroatoms. The average Bonchev–Trinajstić information content (AvgIpc) is 2.81. The lowest BCUT2D eigenvalue weighted by Gasteiger charge is -2.14. The third-order valence-electron chi connectivity index (χ3n) is 3.26. The van der Waals surface area contributed by atoms with Crippen LogP contribution in [-0.2, 0) is 0 Å². The van der Waals surface area contributed by atoms with Crippen LogP contribution < -0.4 is 5.73 Å². The SMILES string of the molecule is Nc1ccc(SCC(O)CC2CCCC2)nc1. The highest BCUT2D eigenvalue weighted by Crippen LogP contribution is 2.29. The van der Waals surface area contributed by atoms with Crippen molar-refractivity contribution >= 4 is 17.4 Å². The highest BCUT2D eigenvalue weighted by molar-refractivity contribution is 7.99. The highest BCUT2D eigenvalue weighted by Gasteiger charge is 2.18. The molecular weight excluding hydrogens is 232 g/mol. The molecule has 17 heavy (non-hydrogen) atoms. The first-order valence-electron chi connectivity index (χ1n) is 6.26. The first-order valence-corrected chi connectivity index (χ1v) is 7.25. The van der Waals surface area contributed by atoms with Crippen molar-refractivity contribution in [2.75, 3.05) is 11.5 Å². The summed E-state index contributed by atoms with van der Waals surface area (Å²) in [6.07, 6.45) is 7.66. The molecule has 1 aromatic rings. The minimum Gasteiger partial charge on any atom is -0.397 e. The molecule has 94 valence electrons. The minimum atomic E-state index is -0.206. The summed E-state index contributed by atoms with van der Waals surface area (Å²) in [5, 5.41) is 10.9. The van der Waals surface area contributed by atoms with E-state index in [0.29, 0.717) is 5.69 Å². The summed E-state index contributed by atoms with van der Waals surface area (Å²) in [4.78, 5) is 4.21. The van der Waals surface area contributed by atoms with Crippen molar-refractivity contribution in [3.05, 3.63) is 18.3 Å². The second-order valence-corrected chi connectivity index (χ2v) is 5.82. The number of nitrogens with zero attached hydrogens (tertiary/aromatic N) is 1. The van der Waals surface area contributed by atoms with E-state index in [1.807, 2.05) is 12.1 Å². The van der Waals surface area contributed by atoms with Gasteiger partial charge in [-0.05, 0) is 24.5 Å². The van der Waals surface area contributed by atoms with E-state index >= 15 is 0 Å². The zero-order valence-corrected chi connectivity index (χ0v) is 10.8. The van der Waals surface area contributed by atoms with Gasteiger partial charge in [0.1, 0.15) is 0 Å². The monoisotopic (exact) mass is 252 g/mol. The van der Waals surface area contributed by atoms with Crippen LogP contribution >= 0.6 is 11.8 Å². The number of thioether (sulfide) groups is 1. The van der Waals surface area contributed by atoms with Crippen LogP contribution in [0.3, 0.4) is 0 Å². The van der Waals surface area contributed by atoms with E-state index < -0.39 is 0 Å². The second-order valence-electron chi connectivity index (χ2n) is 4.78. The first kappa shape index (κ1) is 12.7. The van der Waals surface area contributed by atoms with Gasteiger partial charge in [0.05, 0.1) is 23.0 Å². The number of aromatic nitrogens is 1. The van der Waals surface area contributed by atoms with Gasteiger partial charge >= 0.3 is 0 Å². The molecule has 1 atom stereocenters. The summed E-state index contributed by atoms with van der Waals surface area (Å²) < 4.78 is 0. The largest absolute Gasteiger partial charge is 0.397 e. The molecule has 0 bridgehead atoms. The third-order valence-corrected chi connectivity index (χ3v) is 4.35. The fourth-order valence-corrected chi connectivity index (χ4v) is 3.15. The van der Waals surface area contributed by atoms with Crippen LogP contribution in [0.2, 0.25) is 0 Å². The Morgan fingerprint density at radius 2 is 2.18 bits per heavy atom. The lowest BCUT2D eigenvalue weighted by molar-refractivity contribution is 0.165. The minimum absolute atomic E-state index is 0.206. The van der Waals surface area contributed by atoms with Gasteiger partial charge in [-0.25, -0.2) is 4.98 Å². The Balaban J connectivity index is 1.71. The van der Waals surface area contributed by atoms with Gasteiger partial charge in [0.25, 0.3) is 0 Å². The maximum atomic E-state index is 9.95. The Morgan fingerprint density at radius 1 is 1.41 bits per heavy atom. The fraction of sp³-hybridized carbons (Fsp3) is 0.615. The summed E-state index contributed by atoms with van der Waals surface area (Å²) in [5.41, 5.74) is 6.25. The topological polar surface area (TPSA) is 59.1 Å². The van der Waals surface area contributed by atoms with E-state index in [9.17, 15) is 5.11 Å². The molecule has 0 aromatic carbocycles. The zero-order chi connectivity index (χ0) is 12.1. The van der Waals surface area contributed by atoms with Gasteiger partial charge in [-0.1, -0.05) is 25.7 Å². The van der Waals surface area contributed by atoms with Crippen LogP contribution in [0.15, 0.2) is 23.4 Å². The van der Waals surface area contributed by atoms with E-state index in [0.717, 1.165) is 23.1 Å². The van der Waals surface area contributed by atoms with Crippen LogP contribution in [0.4, 0.5) is 5.69 Å². The molecule has 0 aliphatic heterocycles. The van der Waals surface area contributed by atoms with Crippen molar-refractivity contribution in [3.63, 3.8) is 0 Å². The number of nitrogen functional groups attached to an aromatic ring is 1. The number of hydrogen-bond acceptors (Lipinski definition) is 4. The van der Waals surface area contributed by atoms with Crippen LogP contribution in [0.1, 0.15) is 32.1 Å². The molecule has 1 heterocycles. The molecule has 1 aliphatic rings. The van der Waals surface area contributed by atoms with Crippen molar-refractivity contribution in [3.8, 4) is 0 Å². The van der Waals surface area contributed by atoms with Gasteiger partial charge in [-0.3, -0.25) is 0 Å². The van der Waals surface area contributed by atoms with Gasteiger partial charge in [0, 0.05) is 5.75 Å². The highest BCUT2D eigenvalue weighted by atomic mass is 32.2. The van der Waals surface area contributed by atoms with E-state index in [-0.39, 0.29) is 6.10 Å². The molecule has 0 amide bonds. The number of nitrogens with two attached hydrogens (primary N) is 1. The molecule has 2 rings (SSSR count). The van der Waals surface area contributed by atoms with E-state index in [4.69, 9.17) is 5.73 Å². The van der Waals surface area contributed by atoms with Gasteiger partial charge in [-0.15, -0.1) is 11.8 Å². The van der Waals surface area contributed by atoms with Gasteiger partial charge in [0.15, 0.2) is 0 Å². The smallest absolute Gasteiger partial charge is 0.0962 e. The molecule has 1 fully saturated rings. The van der Waals surface area contributed by atoms with Gasteiger partial charge in [-0.2, -0.15) is 0 Å². The summed E-state index contributed by atoms with van der Waals surface area (Å²) >= 11 is 1.60. The summed E-state index contributed by atoms with van der Waals surface area (Å²) in [5.74, 6) is 1.47. The average molecular weight is 252 g/mol. The molecule has 1 unspecified atom stereocenters. The first-order chi connectivity index (χ1) is 8.24. The molecule has 3 N–H and O–H groups in total. The fourth-order valence-electron chi connectivity index (χ4n) is 2.36. The lowest BCUT2D eigenvalue weighted by Crippen LogP contribution is -2.14. The van der Waals surface area contributed by atoms with Crippen LogP contribution in [0, 0.1) is 5.92 Å². The summed E-state index contributed by atoms with van der Waals surface area (Å²) in [6, 6.07) is 3.75. The Hall–Kier alpha value is -0.740. The molecule has 1 saturated carbocycles. The third kappa shape index (κ3) is 4.21. The van der Waals surface area contributed by atoms with Crippen molar-refractivity contribution in [1.82, 2.24) is 4.98 Å². The summed E-state index contributed by atoms with van der Waals surface area (Å²) in [7, 11) is 0. The van der Waals surface area contributed by atoms with Crippen LogP contribution in [0.25, 0.3) is 0 Å². The van der Waals surface area contributed by atoms with Crippen molar-refractivity contribution < 1.29 is 5.11 Å². The van der Waals surface area contributed by atoms with E-state index in [2.05, 4.69) is 4.98 Å². The molecular formula is C13H20N2OS. The number of pyridine rings is 1. The molecule has 1 aliphatic carbocycles. The molecule has 1 aromatic heterocycles. The standard InChI is InChI=1S/C13H20N2OS/c14-11-5-6-13(15-8-11)17-9-12(16)7-10-3-1-2-4-10/h5-6,8,10,12,16H,1-4,7,9,14H2. The Bertz CT molecular complexity index is 336. The van der Waals surface area contributed by atoms with Crippen LogP contribution in [0.5, 0.6) is 0 Å². The Morgan fingerprint density at radius 3 is 2.82 bits per heavy atom. The maximum Gasteiger partial charge on any atom is 0.0962 e. The van der Waals surface area contributed by atoms with E-state index in [1.165, 1.54) is 25.7 Å². The van der Waals surface area contributed by atoms with E-state index in [1.54, 1.807) is 18.0 Å². The van der Waals surface area contributed by atoms with Crippen molar-refractivity contribution in [1.29, 1.82) is 0 Å². The normalized spacial score (nSPS) is 18.4. The molecule has 0 saturated heterocycles.